The van der Waals surface area contributed by atoms with Crippen molar-refractivity contribution >= 4 is 39.3 Å². The van der Waals surface area contributed by atoms with Gasteiger partial charge in [0.15, 0.2) is 0 Å². The molecular weight excluding hydrogens is 641 g/mol. The van der Waals surface area contributed by atoms with Gasteiger partial charge in [0.1, 0.15) is 0 Å². The lowest BCUT2D eigenvalue weighted by Gasteiger charge is -2.15. The quantitative estimate of drug-likeness (QED) is 0.171. The molecule has 0 N–H and O–H groups in total. The van der Waals surface area contributed by atoms with E-state index < -0.39 is 5.91 Å². The molecule has 0 radical (unpaired) electrons. The zero-order valence-electron chi connectivity index (χ0n) is 27.6. The van der Waals surface area contributed by atoms with E-state index in [1.54, 1.807) is 18.2 Å². The molecule has 0 saturated carbocycles. The maximum absolute atomic E-state index is 14.5. The van der Waals surface area contributed by atoms with Crippen LogP contribution in [0.2, 0.25) is 0 Å². The first kappa shape index (κ1) is 30.5. The van der Waals surface area contributed by atoms with Crippen molar-refractivity contribution in [3.05, 3.63) is 180 Å². The topological polar surface area (TPSA) is 89.9 Å². The summed E-state index contributed by atoms with van der Waals surface area (Å²) in [6.45, 7) is 0. The maximum Gasteiger partial charge on any atom is 0.268 e. The summed E-state index contributed by atoms with van der Waals surface area (Å²) in [6, 6.07) is 54.4. The molecule has 1 aromatic heterocycles. The van der Waals surface area contributed by atoms with Crippen LogP contribution in [-0.2, 0) is 0 Å². The first-order valence-corrected chi connectivity index (χ1v) is 16.8. The highest BCUT2D eigenvalue weighted by atomic mass is 16.2. The van der Waals surface area contributed by atoms with Crippen molar-refractivity contribution in [2.45, 2.75) is 0 Å². The molecule has 0 aliphatic carbocycles. The van der Waals surface area contributed by atoms with Crippen LogP contribution < -0.4 is 4.90 Å². The van der Waals surface area contributed by atoms with Crippen molar-refractivity contribution in [3.8, 4) is 51.2 Å². The van der Waals surface area contributed by atoms with Gasteiger partial charge in [-0.1, -0.05) is 97.1 Å². The molecule has 2 heterocycles. The highest BCUT2D eigenvalue weighted by Gasteiger charge is 2.39. The average Bonchev–Trinajstić information content (AvgIpc) is 3.69. The minimum atomic E-state index is -0.395. The molecular formula is C46H26N4O2. The Balaban J connectivity index is 1.28. The van der Waals surface area contributed by atoms with E-state index >= 15 is 0 Å². The number of anilines is 1. The van der Waals surface area contributed by atoms with Crippen LogP contribution in [0.1, 0.15) is 31.8 Å². The number of fused-ring (bicyclic) bond motifs is 4. The van der Waals surface area contributed by atoms with E-state index in [0.717, 1.165) is 55.2 Å². The van der Waals surface area contributed by atoms with E-state index in [2.05, 4.69) is 16.7 Å². The summed E-state index contributed by atoms with van der Waals surface area (Å²) >= 11 is 0. The van der Waals surface area contributed by atoms with Crippen LogP contribution in [0.4, 0.5) is 5.69 Å². The number of carbonyl (C=O) groups excluding carboxylic acids is 2. The van der Waals surface area contributed by atoms with Crippen molar-refractivity contribution in [1.82, 2.24) is 4.57 Å². The van der Waals surface area contributed by atoms with E-state index in [0.29, 0.717) is 33.6 Å². The van der Waals surface area contributed by atoms with E-state index in [9.17, 15) is 20.1 Å². The Labute approximate surface area is 299 Å². The molecule has 2 amide bonds. The van der Waals surface area contributed by atoms with E-state index in [-0.39, 0.29) is 5.91 Å². The number of rotatable bonds is 5. The van der Waals surface area contributed by atoms with Gasteiger partial charge >= 0.3 is 0 Å². The fraction of sp³-hybridized carbons (Fsp3) is 0. The van der Waals surface area contributed by atoms with Gasteiger partial charge in [-0.05, 0) is 94.0 Å². The summed E-state index contributed by atoms with van der Waals surface area (Å²) in [4.78, 5) is 29.8. The van der Waals surface area contributed by atoms with E-state index in [4.69, 9.17) is 0 Å². The third kappa shape index (κ3) is 4.71. The zero-order valence-corrected chi connectivity index (χ0v) is 27.6. The lowest BCUT2D eigenvalue weighted by Crippen LogP contribution is -2.29. The summed E-state index contributed by atoms with van der Waals surface area (Å²) in [7, 11) is 0. The van der Waals surface area contributed by atoms with Crippen LogP contribution >= 0.6 is 0 Å². The summed E-state index contributed by atoms with van der Waals surface area (Å²) < 4.78 is 2.06. The van der Waals surface area contributed by atoms with Gasteiger partial charge in [0, 0.05) is 10.8 Å². The average molecular weight is 667 g/mol. The predicted octanol–water partition coefficient (Wildman–Crippen LogP) is 10.3. The molecule has 1 aliphatic rings. The molecule has 6 nitrogen and oxygen atoms in total. The fourth-order valence-electron chi connectivity index (χ4n) is 7.48. The third-order valence-corrected chi connectivity index (χ3v) is 9.79. The molecule has 52 heavy (non-hydrogen) atoms. The number of hydrogen-bond acceptors (Lipinski definition) is 4. The van der Waals surface area contributed by atoms with Crippen molar-refractivity contribution in [3.63, 3.8) is 0 Å². The van der Waals surface area contributed by atoms with Gasteiger partial charge < -0.3 is 4.57 Å². The Morgan fingerprint density at radius 1 is 0.442 bits per heavy atom. The van der Waals surface area contributed by atoms with Crippen molar-refractivity contribution < 1.29 is 9.59 Å². The number of benzene rings is 7. The van der Waals surface area contributed by atoms with Gasteiger partial charge in [-0.2, -0.15) is 10.5 Å². The van der Waals surface area contributed by atoms with Gasteiger partial charge in [0.05, 0.1) is 56.8 Å². The van der Waals surface area contributed by atoms with Crippen molar-refractivity contribution in [1.29, 1.82) is 10.5 Å². The molecule has 6 heteroatoms. The Bertz CT molecular complexity index is 2740. The molecule has 0 unspecified atom stereocenters. The van der Waals surface area contributed by atoms with Crippen LogP contribution in [0.3, 0.4) is 0 Å². The van der Waals surface area contributed by atoms with Crippen molar-refractivity contribution in [2.24, 2.45) is 0 Å². The number of imide groups is 1. The normalized spacial score (nSPS) is 12.2. The van der Waals surface area contributed by atoms with Crippen LogP contribution in [0.5, 0.6) is 0 Å². The smallest absolute Gasteiger partial charge is 0.268 e. The van der Waals surface area contributed by atoms with Gasteiger partial charge in [0.25, 0.3) is 11.8 Å². The molecule has 1 aliphatic heterocycles. The lowest BCUT2D eigenvalue weighted by molar-refractivity contribution is 0.0926. The second-order valence-electron chi connectivity index (χ2n) is 12.7. The minimum absolute atomic E-state index is 0.326. The number of hydrogen-bond donors (Lipinski definition) is 0. The summed E-state index contributed by atoms with van der Waals surface area (Å²) in [5, 5.41) is 21.3. The summed E-state index contributed by atoms with van der Waals surface area (Å²) in [5.74, 6) is -0.771. The molecule has 8 aromatic rings. The van der Waals surface area contributed by atoms with Gasteiger partial charge in [-0.3, -0.25) is 9.59 Å². The molecule has 0 atom stereocenters. The van der Waals surface area contributed by atoms with E-state index in [1.165, 1.54) is 4.90 Å². The zero-order chi connectivity index (χ0) is 35.3. The van der Waals surface area contributed by atoms with Crippen molar-refractivity contribution in [2.75, 3.05) is 4.90 Å². The Hall–Kier alpha value is -7.54. The molecule has 0 spiro atoms. The predicted molar refractivity (Wildman–Crippen MR) is 204 cm³/mol. The fourth-order valence-corrected chi connectivity index (χ4v) is 7.48. The molecule has 0 saturated heterocycles. The number of nitriles is 2. The summed E-state index contributed by atoms with van der Waals surface area (Å²) in [5.41, 5.74) is 10.1. The van der Waals surface area contributed by atoms with Crippen LogP contribution in [-0.4, -0.2) is 16.4 Å². The third-order valence-electron chi connectivity index (χ3n) is 9.79. The second kappa shape index (κ2) is 12.1. The standard InChI is InChI=1S/C46H26N4O2/c47-27-29-9-4-13-33(25-29)36-15-6-18-39-42(36)43-37(34-14-5-10-30(26-34)28-48)16-7-19-40(43)50(39)41-20-8-17-38-44(41)46(52)49(45(38)51)35-23-21-32(22-24-35)31-11-2-1-3-12-31/h1-26H. The SMILES string of the molecule is N#Cc1cccc(-c2cccc3c2c2c(-c4cccc(C#N)c4)cccc2n3-c2cccc3c2C(=O)N(c2ccc(-c4ccccc4)cc2)C3=O)c1. The number of amides is 2. The van der Waals surface area contributed by atoms with Gasteiger partial charge in [-0.25, -0.2) is 4.90 Å². The molecule has 0 fully saturated rings. The number of aromatic nitrogens is 1. The first-order valence-electron chi connectivity index (χ1n) is 16.8. The highest BCUT2D eigenvalue weighted by Crippen LogP contribution is 2.44. The lowest BCUT2D eigenvalue weighted by atomic mass is 9.94. The van der Waals surface area contributed by atoms with Gasteiger partial charge in [-0.15, -0.1) is 0 Å². The summed E-state index contributed by atoms with van der Waals surface area (Å²) in [6.07, 6.45) is 0. The maximum atomic E-state index is 14.5. The number of nitrogens with zero attached hydrogens (tertiary/aromatic N) is 4. The Morgan fingerprint density at radius 2 is 0.942 bits per heavy atom. The molecule has 242 valence electrons. The van der Waals surface area contributed by atoms with Crippen LogP contribution in [0.25, 0.3) is 60.9 Å². The molecule has 0 bridgehead atoms. The Kier molecular flexibility index (Phi) is 7.10. The van der Waals surface area contributed by atoms with Crippen LogP contribution in [0.15, 0.2) is 158 Å². The van der Waals surface area contributed by atoms with Gasteiger partial charge in [0.2, 0.25) is 0 Å². The van der Waals surface area contributed by atoms with Crippen LogP contribution in [0, 0.1) is 22.7 Å². The minimum Gasteiger partial charge on any atom is -0.308 e. The second-order valence-corrected chi connectivity index (χ2v) is 12.7. The van der Waals surface area contributed by atoms with E-state index in [1.807, 2.05) is 140 Å². The molecule has 7 aromatic carbocycles. The monoisotopic (exact) mass is 666 g/mol. The largest absolute Gasteiger partial charge is 0.308 e. The number of carbonyl (C=O) groups is 2. The molecule has 9 rings (SSSR count). The first-order chi connectivity index (χ1) is 25.6. The highest BCUT2D eigenvalue weighted by molar-refractivity contribution is 6.36. The Morgan fingerprint density at radius 3 is 1.52 bits per heavy atom.